The first-order valence-corrected chi connectivity index (χ1v) is 12.3. The van der Waals surface area contributed by atoms with Gasteiger partial charge in [-0.3, -0.25) is 29.0 Å². The van der Waals surface area contributed by atoms with Crippen LogP contribution in [0.5, 0.6) is 0 Å². The summed E-state index contributed by atoms with van der Waals surface area (Å²) in [6.07, 6.45) is 4.67. The summed E-state index contributed by atoms with van der Waals surface area (Å²) in [7, 11) is 0. The van der Waals surface area contributed by atoms with Crippen LogP contribution in [0.4, 0.5) is 11.4 Å². The summed E-state index contributed by atoms with van der Waals surface area (Å²) in [5, 5.41) is 18.3. The van der Waals surface area contributed by atoms with E-state index in [0.717, 1.165) is 11.1 Å². The summed E-state index contributed by atoms with van der Waals surface area (Å²) in [4.78, 5) is 56.7. The molecule has 8 heteroatoms. The highest BCUT2D eigenvalue weighted by atomic mass is 16.3. The molecule has 8 nitrogen and oxygen atoms in total. The number of aliphatic hydroxyl groups is 2. The molecule has 2 aliphatic heterocycles. The molecule has 2 aromatic carbocycles. The van der Waals surface area contributed by atoms with Gasteiger partial charge in [0, 0.05) is 25.0 Å². The van der Waals surface area contributed by atoms with Crippen molar-refractivity contribution in [2.45, 2.75) is 12.8 Å². The number of hydrogen-bond donors (Lipinski definition) is 2. The van der Waals surface area contributed by atoms with Crippen LogP contribution in [-0.4, -0.2) is 47.1 Å². The van der Waals surface area contributed by atoms with Gasteiger partial charge in [-0.05, 0) is 48.2 Å². The lowest BCUT2D eigenvalue weighted by Crippen LogP contribution is -2.50. The quantitative estimate of drug-likeness (QED) is 0.472. The first kappa shape index (κ1) is 22.8. The van der Waals surface area contributed by atoms with Gasteiger partial charge in [0.2, 0.25) is 23.6 Å². The van der Waals surface area contributed by atoms with E-state index in [9.17, 15) is 19.2 Å². The van der Waals surface area contributed by atoms with Gasteiger partial charge in [0.1, 0.15) is 0 Å². The highest BCUT2D eigenvalue weighted by molar-refractivity contribution is 6.26. The molecule has 2 saturated heterocycles. The minimum absolute atomic E-state index is 0.00869. The lowest BCUT2D eigenvalue weighted by molar-refractivity contribution is -0.137. The molecule has 3 aliphatic carbocycles. The summed E-state index contributed by atoms with van der Waals surface area (Å²) in [5.41, 5.74) is 2.73. The molecule has 2 heterocycles. The van der Waals surface area contributed by atoms with Crippen LogP contribution in [0.2, 0.25) is 0 Å². The Morgan fingerprint density at radius 3 is 1.11 bits per heavy atom. The molecule has 0 aromatic heterocycles. The van der Waals surface area contributed by atoms with Gasteiger partial charge in [-0.15, -0.1) is 0 Å². The monoisotopic (exact) mass is 486 g/mol. The van der Waals surface area contributed by atoms with Gasteiger partial charge in [-0.25, -0.2) is 0 Å². The van der Waals surface area contributed by atoms with Gasteiger partial charge in [0.25, 0.3) is 0 Å². The zero-order valence-electron chi connectivity index (χ0n) is 19.5. The Morgan fingerprint density at radius 1 is 0.528 bits per heavy atom. The summed E-state index contributed by atoms with van der Waals surface area (Å²) in [6.45, 7) is 0.0174. The van der Waals surface area contributed by atoms with Crippen molar-refractivity contribution in [1.29, 1.82) is 0 Å². The van der Waals surface area contributed by atoms with Crippen LogP contribution < -0.4 is 9.80 Å². The molecule has 184 valence electrons. The van der Waals surface area contributed by atoms with Crippen LogP contribution >= 0.6 is 0 Å². The first-order chi connectivity index (χ1) is 17.5. The van der Waals surface area contributed by atoms with E-state index in [1.165, 1.54) is 9.80 Å². The number of aliphatic hydroxyl groups excluding tert-OH is 2. The van der Waals surface area contributed by atoms with Crippen molar-refractivity contribution >= 4 is 35.0 Å². The van der Waals surface area contributed by atoms with Gasteiger partial charge in [0.15, 0.2) is 0 Å². The van der Waals surface area contributed by atoms with Crippen LogP contribution in [0.3, 0.4) is 0 Å². The Kier molecular flexibility index (Phi) is 5.39. The van der Waals surface area contributed by atoms with Crippen LogP contribution in [0.25, 0.3) is 0 Å². The smallest absolute Gasteiger partial charge is 0.238 e. The molecule has 3 fully saturated rings. The van der Waals surface area contributed by atoms with Gasteiger partial charge in [0.05, 0.1) is 35.0 Å². The molecule has 0 radical (unpaired) electrons. The zero-order chi connectivity index (χ0) is 25.1. The van der Waals surface area contributed by atoms with Crippen molar-refractivity contribution in [3.8, 4) is 0 Å². The van der Waals surface area contributed by atoms with E-state index in [-0.39, 0.29) is 36.8 Å². The normalized spacial score (nSPS) is 30.4. The predicted molar refractivity (Wildman–Crippen MR) is 130 cm³/mol. The maximum absolute atomic E-state index is 13.6. The van der Waals surface area contributed by atoms with Crippen LogP contribution in [0, 0.1) is 35.5 Å². The van der Waals surface area contributed by atoms with Gasteiger partial charge in [-0.1, -0.05) is 36.4 Å². The van der Waals surface area contributed by atoms with E-state index in [1.54, 1.807) is 48.5 Å². The van der Waals surface area contributed by atoms with E-state index in [2.05, 4.69) is 0 Å². The molecule has 2 N–H and O–H groups in total. The molecule has 1 saturated carbocycles. The average Bonchev–Trinajstić information content (AvgIpc) is 3.33. The zero-order valence-corrected chi connectivity index (χ0v) is 19.5. The van der Waals surface area contributed by atoms with E-state index < -0.39 is 35.5 Å². The van der Waals surface area contributed by atoms with E-state index in [4.69, 9.17) is 10.2 Å². The number of carbonyl (C=O) groups excluding carboxylic acids is 4. The third-order valence-corrected chi connectivity index (χ3v) is 8.20. The Bertz CT molecular complexity index is 1140. The van der Waals surface area contributed by atoms with Gasteiger partial charge >= 0.3 is 0 Å². The lowest BCUT2D eigenvalue weighted by atomic mass is 9.54. The van der Waals surface area contributed by atoms with Gasteiger partial charge in [-0.2, -0.15) is 0 Å². The predicted octanol–water partition coefficient (Wildman–Crippen LogP) is 1.48. The maximum Gasteiger partial charge on any atom is 0.238 e. The molecule has 2 unspecified atom stereocenters. The van der Waals surface area contributed by atoms with Crippen LogP contribution in [0.15, 0.2) is 60.7 Å². The van der Waals surface area contributed by atoms with E-state index >= 15 is 0 Å². The molecule has 6 atom stereocenters. The fourth-order valence-corrected chi connectivity index (χ4v) is 6.62. The summed E-state index contributed by atoms with van der Waals surface area (Å²) in [5.74, 6) is -5.04. The molecular formula is C28H26N2O6. The van der Waals surface area contributed by atoms with Crippen LogP contribution in [0.1, 0.15) is 11.1 Å². The Morgan fingerprint density at radius 2 is 0.833 bits per heavy atom. The fourth-order valence-electron chi connectivity index (χ4n) is 6.62. The van der Waals surface area contributed by atoms with Gasteiger partial charge < -0.3 is 10.2 Å². The van der Waals surface area contributed by atoms with E-state index in [0.29, 0.717) is 24.2 Å². The second-order valence-electron chi connectivity index (χ2n) is 9.95. The third-order valence-electron chi connectivity index (χ3n) is 8.20. The number of carbonyl (C=O) groups is 4. The number of hydrogen-bond acceptors (Lipinski definition) is 6. The second kappa shape index (κ2) is 8.50. The SMILES string of the molecule is O=C1[C@@H]2C3C=CC([C@H]2C(=O)N1c1ccc(CCO)cc1)[C@@H]1C(=O)N(c2ccc(CCO)cc2)C(=O)[C@@H]31. The van der Waals surface area contributed by atoms with Crippen LogP contribution in [-0.2, 0) is 32.0 Å². The maximum atomic E-state index is 13.6. The van der Waals surface area contributed by atoms with Crippen molar-refractivity contribution in [1.82, 2.24) is 0 Å². The topological polar surface area (TPSA) is 115 Å². The molecule has 2 bridgehead atoms. The summed E-state index contributed by atoms with van der Waals surface area (Å²) >= 11 is 0. The molecular weight excluding hydrogens is 460 g/mol. The third kappa shape index (κ3) is 3.14. The largest absolute Gasteiger partial charge is 0.396 e. The van der Waals surface area contributed by atoms with Crippen molar-refractivity contribution in [2.24, 2.45) is 35.5 Å². The molecule has 7 rings (SSSR count). The van der Waals surface area contributed by atoms with Crippen molar-refractivity contribution in [3.63, 3.8) is 0 Å². The number of rotatable bonds is 6. The number of imide groups is 2. The molecule has 4 amide bonds. The standard InChI is InChI=1S/C28H26N2O6/c31-13-11-15-1-5-17(6-2-15)29-25(33)21-19-9-10-20(22(21)26(29)34)24-23(19)27(35)30(28(24)36)18-7-3-16(4-8-18)12-14-32/h1-10,19-24,31-32H,11-14H2/t19?,20?,21-,22-,23+,24+. The number of anilines is 2. The Balaban J connectivity index is 1.31. The number of allylic oxidation sites excluding steroid dienone is 2. The molecule has 5 aliphatic rings. The van der Waals surface area contributed by atoms with Crippen molar-refractivity contribution < 1.29 is 29.4 Å². The number of nitrogens with zero attached hydrogens (tertiary/aromatic N) is 2. The molecule has 0 spiro atoms. The lowest BCUT2D eigenvalue weighted by Gasteiger charge is -2.44. The van der Waals surface area contributed by atoms with Crippen molar-refractivity contribution in [2.75, 3.05) is 23.0 Å². The number of benzene rings is 2. The summed E-state index contributed by atoms with van der Waals surface area (Å²) < 4.78 is 0. The highest BCUT2D eigenvalue weighted by Gasteiger charge is 2.68. The second-order valence-corrected chi connectivity index (χ2v) is 9.95. The average molecular weight is 487 g/mol. The minimum Gasteiger partial charge on any atom is -0.396 e. The Labute approximate surface area is 207 Å². The molecule has 36 heavy (non-hydrogen) atoms. The Hall–Kier alpha value is -3.62. The van der Waals surface area contributed by atoms with Crippen molar-refractivity contribution in [3.05, 3.63) is 71.8 Å². The highest BCUT2D eigenvalue weighted by Crippen LogP contribution is 2.58. The van der Waals surface area contributed by atoms with E-state index in [1.807, 2.05) is 12.2 Å². The number of amides is 4. The first-order valence-electron chi connectivity index (χ1n) is 12.3. The summed E-state index contributed by atoms with van der Waals surface area (Å²) in [6, 6.07) is 13.9. The minimum atomic E-state index is -0.672. The molecule has 2 aromatic rings. The fraction of sp³-hybridized carbons (Fsp3) is 0.357.